The molecule has 0 radical (unpaired) electrons. The van der Waals surface area contributed by atoms with Crippen molar-refractivity contribution in [2.75, 3.05) is 5.32 Å². The molecular weight excluding hydrogens is 313 g/mol. The number of rotatable bonds is 2. The number of nitrogens with zero attached hydrogens (tertiary/aromatic N) is 2. The molecule has 0 saturated heterocycles. The third-order valence-corrected chi connectivity index (χ3v) is 2.95. The number of carbonyl (C=O) groups excluding carboxylic acids is 1. The number of anilines is 1. The molecule has 0 aliphatic rings. The molecule has 1 heterocycles. The average molecular weight is 320 g/mol. The zero-order valence-corrected chi connectivity index (χ0v) is 11.1. The number of nitriles is 1. The van der Waals surface area contributed by atoms with Crippen LogP contribution in [0.1, 0.15) is 16.1 Å². The molecular formula is C13H7BrFN3O. The first-order valence-corrected chi connectivity index (χ1v) is 6.03. The minimum Gasteiger partial charge on any atom is -0.320 e. The van der Waals surface area contributed by atoms with Crippen LogP contribution < -0.4 is 5.32 Å². The van der Waals surface area contributed by atoms with Crippen LogP contribution in [0.4, 0.5) is 10.1 Å². The quantitative estimate of drug-likeness (QED) is 0.865. The van der Waals surface area contributed by atoms with E-state index in [0.717, 1.165) is 6.07 Å². The molecule has 1 aromatic carbocycles. The normalized spacial score (nSPS) is 9.74. The van der Waals surface area contributed by atoms with Crippen molar-refractivity contribution < 1.29 is 9.18 Å². The lowest BCUT2D eigenvalue weighted by Crippen LogP contribution is -2.14. The molecule has 19 heavy (non-hydrogen) atoms. The highest BCUT2D eigenvalue weighted by atomic mass is 79.9. The second kappa shape index (κ2) is 5.59. The third kappa shape index (κ3) is 3.14. The Morgan fingerprint density at radius 1 is 1.37 bits per heavy atom. The van der Waals surface area contributed by atoms with Gasteiger partial charge < -0.3 is 5.32 Å². The van der Waals surface area contributed by atoms with Crippen LogP contribution in [0.15, 0.2) is 40.9 Å². The zero-order valence-electron chi connectivity index (χ0n) is 9.52. The molecule has 0 bridgehead atoms. The van der Waals surface area contributed by atoms with Gasteiger partial charge in [-0.1, -0.05) is 6.07 Å². The number of nitrogens with one attached hydrogen (secondary N) is 1. The summed E-state index contributed by atoms with van der Waals surface area (Å²) in [5.74, 6) is -1.24. The molecule has 0 unspecified atom stereocenters. The van der Waals surface area contributed by atoms with E-state index in [1.807, 2.05) is 6.07 Å². The Hall–Kier alpha value is -2.26. The van der Waals surface area contributed by atoms with Crippen LogP contribution in [0.2, 0.25) is 0 Å². The third-order valence-electron chi connectivity index (χ3n) is 2.29. The summed E-state index contributed by atoms with van der Waals surface area (Å²) in [7, 11) is 0. The van der Waals surface area contributed by atoms with E-state index in [4.69, 9.17) is 5.26 Å². The highest BCUT2D eigenvalue weighted by Crippen LogP contribution is 2.23. The SMILES string of the molecule is N#Cc1ccc(NC(=O)c2cccc(F)n2)c(Br)c1. The van der Waals surface area contributed by atoms with Gasteiger partial charge in [0.2, 0.25) is 5.95 Å². The van der Waals surface area contributed by atoms with Crippen molar-refractivity contribution in [3.8, 4) is 6.07 Å². The van der Waals surface area contributed by atoms with Crippen LogP contribution in [0, 0.1) is 17.3 Å². The van der Waals surface area contributed by atoms with E-state index in [1.54, 1.807) is 18.2 Å². The zero-order chi connectivity index (χ0) is 13.8. The molecule has 2 rings (SSSR count). The maximum Gasteiger partial charge on any atom is 0.274 e. The lowest BCUT2D eigenvalue weighted by Gasteiger charge is -2.07. The number of aromatic nitrogens is 1. The molecule has 0 spiro atoms. The first-order chi connectivity index (χ1) is 9.10. The molecule has 2 aromatic rings. The van der Waals surface area contributed by atoms with E-state index in [-0.39, 0.29) is 5.69 Å². The van der Waals surface area contributed by atoms with Crippen LogP contribution in [-0.2, 0) is 0 Å². The van der Waals surface area contributed by atoms with E-state index in [9.17, 15) is 9.18 Å². The topological polar surface area (TPSA) is 65.8 Å². The lowest BCUT2D eigenvalue weighted by atomic mass is 10.2. The summed E-state index contributed by atoms with van der Waals surface area (Å²) in [5, 5.41) is 11.3. The smallest absolute Gasteiger partial charge is 0.274 e. The summed E-state index contributed by atoms with van der Waals surface area (Å²) >= 11 is 3.24. The van der Waals surface area contributed by atoms with Gasteiger partial charge in [-0.15, -0.1) is 0 Å². The van der Waals surface area contributed by atoms with Crippen LogP contribution in [0.25, 0.3) is 0 Å². The Labute approximate surface area is 117 Å². The van der Waals surface area contributed by atoms with Crippen LogP contribution >= 0.6 is 15.9 Å². The van der Waals surface area contributed by atoms with Gasteiger partial charge in [0.15, 0.2) is 0 Å². The van der Waals surface area contributed by atoms with E-state index in [0.29, 0.717) is 15.7 Å². The molecule has 4 nitrogen and oxygen atoms in total. The predicted octanol–water partition coefficient (Wildman–Crippen LogP) is 3.11. The van der Waals surface area contributed by atoms with Crippen molar-refractivity contribution in [1.29, 1.82) is 5.26 Å². The Morgan fingerprint density at radius 3 is 2.79 bits per heavy atom. The summed E-state index contributed by atoms with van der Waals surface area (Å²) in [4.78, 5) is 15.3. The number of pyridine rings is 1. The molecule has 6 heteroatoms. The van der Waals surface area contributed by atoms with Crippen molar-refractivity contribution in [2.45, 2.75) is 0 Å². The lowest BCUT2D eigenvalue weighted by molar-refractivity contribution is 0.102. The fourth-order valence-electron chi connectivity index (χ4n) is 1.41. The maximum atomic E-state index is 12.9. The molecule has 0 aliphatic carbocycles. The second-order valence-corrected chi connectivity index (χ2v) is 4.46. The van der Waals surface area contributed by atoms with Crippen molar-refractivity contribution in [2.24, 2.45) is 0 Å². The van der Waals surface area contributed by atoms with Gasteiger partial charge in [0.25, 0.3) is 5.91 Å². The Morgan fingerprint density at radius 2 is 2.16 bits per heavy atom. The van der Waals surface area contributed by atoms with Gasteiger partial charge in [-0.05, 0) is 46.3 Å². The standard InChI is InChI=1S/C13H7BrFN3O/c14-9-6-8(7-16)4-5-10(9)18-13(19)11-2-1-3-12(15)17-11/h1-6H,(H,18,19). The van der Waals surface area contributed by atoms with Gasteiger partial charge in [-0.2, -0.15) is 9.65 Å². The average Bonchev–Trinajstić information content (AvgIpc) is 2.41. The van der Waals surface area contributed by atoms with Gasteiger partial charge in [0, 0.05) is 4.47 Å². The Kier molecular flexibility index (Phi) is 3.88. The first-order valence-electron chi connectivity index (χ1n) is 5.23. The number of benzene rings is 1. The highest BCUT2D eigenvalue weighted by Gasteiger charge is 2.10. The summed E-state index contributed by atoms with van der Waals surface area (Å²) in [6, 6.07) is 10.7. The van der Waals surface area contributed by atoms with Crippen molar-refractivity contribution >= 4 is 27.5 Å². The molecule has 0 fully saturated rings. The highest BCUT2D eigenvalue weighted by molar-refractivity contribution is 9.10. The number of hydrogen-bond acceptors (Lipinski definition) is 3. The predicted molar refractivity (Wildman–Crippen MR) is 71.0 cm³/mol. The van der Waals surface area contributed by atoms with Crippen LogP contribution in [0.3, 0.4) is 0 Å². The van der Waals surface area contributed by atoms with Gasteiger partial charge in [-0.25, -0.2) is 4.98 Å². The number of halogens is 2. The molecule has 1 N–H and O–H groups in total. The summed E-state index contributed by atoms with van der Waals surface area (Å²) < 4.78 is 13.5. The largest absolute Gasteiger partial charge is 0.320 e. The number of carbonyl (C=O) groups is 1. The van der Waals surface area contributed by atoms with Crippen molar-refractivity contribution in [3.63, 3.8) is 0 Å². The van der Waals surface area contributed by atoms with E-state index in [2.05, 4.69) is 26.2 Å². The monoisotopic (exact) mass is 319 g/mol. The summed E-state index contributed by atoms with van der Waals surface area (Å²) in [6.45, 7) is 0. The van der Waals surface area contributed by atoms with E-state index >= 15 is 0 Å². The Bertz CT molecular complexity index is 682. The van der Waals surface area contributed by atoms with Crippen LogP contribution in [-0.4, -0.2) is 10.9 Å². The fraction of sp³-hybridized carbons (Fsp3) is 0. The van der Waals surface area contributed by atoms with Crippen molar-refractivity contribution in [1.82, 2.24) is 4.98 Å². The van der Waals surface area contributed by atoms with Gasteiger partial charge in [0.05, 0.1) is 17.3 Å². The van der Waals surface area contributed by atoms with E-state index in [1.165, 1.54) is 12.1 Å². The maximum absolute atomic E-state index is 12.9. The van der Waals surface area contributed by atoms with E-state index < -0.39 is 11.9 Å². The molecule has 0 saturated carbocycles. The number of hydrogen-bond donors (Lipinski definition) is 1. The minimum absolute atomic E-state index is 0.0174. The second-order valence-electron chi connectivity index (χ2n) is 3.61. The molecule has 0 aliphatic heterocycles. The Balaban J connectivity index is 2.22. The fourth-order valence-corrected chi connectivity index (χ4v) is 1.89. The summed E-state index contributed by atoms with van der Waals surface area (Å²) in [5.41, 5.74) is 0.931. The minimum atomic E-state index is -0.716. The number of amides is 1. The summed E-state index contributed by atoms with van der Waals surface area (Å²) in [6.07, 6.45) is 0. The van der Waals surface area contributed by atoms with Gasteiger partial charge >= 0.3 is 0 Å². The van der Waals surface area contributed by atoms with Gasteiger partial charge in [0.1, 0.15) is 5.69 Å². The molecule has 0 atom stereocenters. The molecule has 1 amide bonds. The molecule has 94 valence electrons. The molecule has 1 aromatic heterocycles. The van der Waals surface area contributed by atoms with Gasteiger partial charge in [-0.3, -0.25) is 4.79 Å². The van der Waals surface area contributed by atoms with Crippen LogP contribution in [0.5, 0.6) is 0 Å². The van der Waals surface area contributed by atoms with Crippen molar-refractivity contribution in [3.05, 3.63) is 58.1 Å². The first kappa shape index (κ1) is 13.2.